The molecule has 2 N–H and O–H groups in total. The number of carbonyl (C=O) groups excluding carboxylic acids is 3. The lowest BCUT2D eigenvalue weighted by Gasteiger charge is -2.14. The number of rotatable bonds is 5. The number of amides is 4. The van der Waals surface area contributed by atoms with Gasteiger partial charge in [0.25, 0.3) is 11.8 Å². The van der Waals surface area contributed by atoms with Gasteiger partial charge >= 0.3 is 18.4 Å². The molecule has 1 heterocycles. The molecule has 0 radical (unpaired) electrons. The van der Waals surface area contributed by atoms with E-state index in [1.54, 1.807) is 10.7 Å². The van der Waals surface area contributed by atoms with E-state index < -0.39 is 68.4 Å². The summed E-state index contributed by atoms with van der Waals surface area (Å²) in [4.78, 5) is 39.6. The summed E-state index contributed by atoms with van der Waals surface area (Å²) in [5, 5.41) is 4.41. The molecular formula is C22H14F7N5O3S. The van der Waals surface area contributed by atoms with E-state index in [2.05, 4.69) is 10.1 Å². The van der Waals surface area contributed by atoms with Crippen molar-refractivity contribution in [3.63, 3.8) is 0 Å². The zero-order valence-electron chi connectivity index (χ0n) is 18.8. The van der Waals surface area contributed by atoms with Crippen LogP contribution in [0.15, 0.2) is 53.6 Å². The molecule has 0 saturated heterocycles. The molecule has 38 heavy (non-hydrogen) atoms. The van der Waals surface area contributed by atoms with Crippen LogP contribution >= 0.6 is 11.3 Å². The lowest BCUT2D eigenvalue weighted by molar-refractivity contribution is -0.141. The third-order valence-electron chi connectivity index (χ3n) is 4.66. The number of benzene rings is 2. The Morgan fingerprint density at radius 1 is 0.947 bits per heavy atom. The third kappa shape index (κ3) is 6.50. The Morgan fingerprint density at radius 2 is 1.58 bits per heavy atom. The predicted molar refractivity (Wildman–Crippen MR) is 121 cm³/mol. The van der Waals surface area contributed by atoms with Gasteiger partial charge in [-0.2, -0.15) is 31.4 Å². The van der Waals surface area contributed by atoms with Gasteiger partial charge in [-0.05, 0) is 18.2 Å². The van der Waals surface area contributed by atoms with Crippen LogP contribution in [0.1, 0.15) is 36.9 Å². The van der Waals surface area contributed by atoms with E-state index in [1.165, 1.54) is 18.2 Å². The van der Waals surface area contributed by atoms with Crippen LogP contribution in [0.4, 0.5) is 40.7 Å². The molecule has 0 aliphatic carbocycles. The molecule has 2 aromatic carbocycles. The lowest BCUT2D eigenvalue weighted by Crippen LogP contribution is -2.41. The summed E-state index contributed by atoms with van der Waals surface area (Å²) in [6.07, 6.45) is -9.32. The van der Waals surface area contributed by atoms with Crippen LogP contribution in [-0.4, -0.2) is 36.1 Å². The van der Waals surface area contributed by atoms with E-state index in [0.29, 0.717) is 11.1 Å². The first-order valence-electron chi connectivity index (χ1n) is 10.1. The number of urea groups is 1. The van der Waals surface area contributed by atoms with Gasteiger partial charge in [0.15, 0.2) is 10.8 Å². The number of imide groups is 1. The number of hydrazone groups is 1. The smallest absolute Gasteiger partial charge is 0.273 e. The van der Waals surface area contributed by atoms with Crippen molar-refractivity contribution >= 4 is 40.5 Å². The second-order valence-corrected chi connectivity index (χ2v) is 8.23. The number of hydrogen-bond acceptors (Lipinski definition) is 6. The lowest BCUT2D eigenvalue weighted by atomic mass is 10.1. The molecule has 4 amide bonds. The highest BCUT2D eigenvalue weighted by Gasteiger charge is 2.40. The Hall–Kier alpha value is -4.34. The molecule has 0 aliphatic rings. The fourth-order valence-corrected chi connectivity index (χ4v) is 3.79. The molecule has 8 nitrogen and oxygen atoms in total. The van der Waals surface area contributed by atoms with Crippen molar-refractivity contribution in [2.75, 3.05) is 11.9 Å². The number of hydrogen-bond donors (Lipinski definition) is 2. The number of aromatic nitrogens is 1. The summed E-state index contributed by atoms with van der Waals surface area (Å²) >= 11 is 0.0933. The minimum atomic E-state index is -5.17. The number of halogens is 7. The van der Waals surface area contributed by atoms with Crippen LogP contribution in [0.2, 0.25) is 0 Å². The van der Waals surface area contributed by atoms with Gasteiger partial charge in [0.05, 0.1) is 17.3 Å². The van der Waals surface area contributed by atoms with E-state index in [0.717, 1.165) is 37.4 Å². The van der Waals surface area contributed by atoms with Gasteiger partial charge in [0.1, 0.15) is 10.7 Å². The fourth-order valence-electron chi connectivity index (χ4n) is 2.86. The van der Waals surface area contributed by atoms with E-state index in [1.807, 2.05) is 0 Å². The molecule has 0 saturated carbocycles. The van der Waals surface area contributed by atoms with Gasteiger partial charge in [0.2, 0.25) is 0 Å². The molecule has 3 rings (SSSR count). The van der Waals surface area contributed by atoms with Gasteiger partial charge in [-0.25, -0.2) is 19.6 Å². The molecule has 0 spiro atoms. The Kier molecular flexibility index (Phi) is 8.14. The Labute approximate surface area is 212 Å². The highest BCUT2D eigenvalue weighted by molar-refractivity contribution is 7.17. The summed E-state index contributed by atoms with van der Waals surface area (Å²) in [5.74, 6) is -3.61. The largest absolute Gasteiger partial charge is 0.435 e. The van der Waals surface area contributed by atoms with Crippen LogP contribution in [0, 0.1) is 5.82 Å². The normalized spacial score (nSPS) is 11.9. The SMILES string of the molecule is CN(C(=O)NC(=O)c1ccccc1F)c1nc(C(F)(F)F)c(C(=O)N/N=C/c2ccccc2C(F)(F)F)s1. The van der Waals surface area contributed by atoms with Crippen molar-refractivity contribution in [3.8, 4) is 0 Å². The van der Waals surface area contributed by atoms with E-state index in [9.17, 15) is 45.1 Å². The Bertz CT molecular complexity index is 1400. The van der Waals surface area contributed by atoms with Crippen LogP contribution in [0.3, 0.4) is 0 Å². The number of nitrogens with zero attached hydrogens (tertiary/aromatic N) is 3. The molecule has 0 aliphatic heterocycles. The second kappa shape index (κ2) is 11.0. The third-order valence-corrected chi connectivity index (χ3v) is 5.79. The molecule has 1 aromatic heterocycles. The van der Waals surface area contributed by atoms with Gasteiger partial charge < -0.3 is 0 Å². The summed E-state index contributed by atoms with van der Waals surface area (Å²) in [7, 11) is 0.941. The van der Waals surface area contributed by atoms with Gasteiger partial charge in [-0.15, -0.1) is 0 Å². The quantitative estimate of drug-likeness (QED) is 0.258. The van der Waals surface area contributed by atoms with Gasteiger partial charge in [0, 0.05) is 12.6 Å². The summed E-state index contributed by atoms with van der Waals surface area (Å²) in [5.41, 5.74) is -2.07. The van der Waals surface area contributed by atoms with Crippen LogP contribution in [-0.2, 0) is 12.4 Å². The minimum Gasteiger partial charge on any atom is -0.273 e. The highest BCUT2D eigenvalue weighted by Crippen LogP contribution is 2.37. The topological polar surface area (TPSA) is 104 Å². The minimum absolute atomic E-state index is 0.0933. The molecule has 0 fully saturated rings. The maximum Gasteiger partial charge on any atom is 0.435 e. The second-order valence-electron chi connectivity index (χ2n) is 7.25. The van der Waals surface area contributed by atoms with Crippen LogP contribution < -0.4 is 15.6 Å². The first-order valence-corrected chi connectivity index (χ1v) is 10.9. The van der Waals surface area contributed by atoms with Crippen molar-refractivity contribution in [2.45, 2.75) is 12.4 Å². The number of carbonyl (C=O) groups is 3. The van der Waals surface area contributed by atoms with E-state index in [4.69, 9.17) is 0 Å². The van der Waals surface area contributed by atoms with Crippen molar-refractivity contribution in [3.05, 3.63) is 81.6 Å². The fraction of sp³-hybridized carbons (Fsp3) is 0.136. The highest BCUT2D eigenvalue weighted by atomic mass is 32.1. The molecular weight excluding hydrogens is 547 g/mol. The molecule has 16 heteroatoms. The maximum absolute atomic E-state index is 13.7. The first-order chi connectivity index (χ1) is 17.7. The standard InChI is InChI=1S/C22H14F7N5O3S/c1-34(19(37)32-17(35)12-7-3-5-9-14(12)23)20-31-16(22(27,28)29)15(38-20)18(36)33-30-10-11-6-2-4-8-13(11)21(24,25)26/h2-10H,1H3,(H,33,36)(H,32,35,37)/b30-10+. The van der Waals surface area contributed by atoms with Crippen molar-refractivity contribution in [1.82, 2.24) is 15.7 Å². The van der Waals surface area contributed by atoms with E-state index in [-0.39, 0.29) is 11.3 Å². The number of nitrogens with one attached hydrogen (secondary N) is 2. The molecule has 0 atom stereocenters. The number of alkyl halides is 6. The van der Waals surface area contributed by atoms with Crippen LogP contribution in [0.25, 0.3) is 0 Å². The summed E-state index contributed by atoms with van der Waals surface area (Å²) in [6, 6.07) is 7.50. The van der Waals surface area contributed by atoms with Crippen molar-refractivity contribution < 1.29 is 45.1 Å². The average molecular weight is 561 g/mol. The first kappa shape index (κ1) is 28.2. The van der Waals surface area contributed by atoms with Gasteiger partial charge in [-0.3, -0.25) is 19.8 Å². The van der Waals surface area contributed by atoms with Crippen molar-refractivity contribution in [1.29, 1.82) is 0 Å². The Morgan fingerprint density at radius 3 is 2.21 bits per heavy atom. The van der Waals surface area contributed by atoms with Crippen LogP contribution in [0.5, 0.6) is 0 Å². The molecule has 0 bridgehead atoms. The van der Waals surface area contributed by atoms with E-state index >= 15 is 0 Å². The zero-order valence-corrected chi connectivity index (χ0v) is 19.6. The molecule has 3 aromatic rings. The number of thiazole rings is 1. The monoisotopic (exact) mass is 561 g/mol. The molecule has 200 valence electrons. The van der Waals surface area contributed by atoms with Crippen molar-refractivity contribution in [2.24, 2.45) is 5.10 Å². The zero-order chi connectivity index (χ0) is 28.3. The van der Waals surface area contributed by atoms with Gasteiger partial charge in [-0.1, -0.05) is 41.7 Å². The average Bonchev–Trinajstić information content (AvgIpc) is 3.30. The predicted octanol–water partition coefficient (Wildman–Crippen LogP) is 5.07. The molecule has 0 unspecified atom stereocenters. The maximum atomic E-state index is 13.7. The number of anilines is 1. The summed E-state index contributed by atoms with van der Waals surface area (Å²) in [6.45, 7) is 0. The Balaban J connectivity index is 1.81. The summed E-state index contributed by atoms with van der Waals surface area (Å²) < 4.78 is 93.5.